The Hall–Kier alpha value is -1.68. The van der Waals surface area contributed by atoms with Gasteiger partial charge in [0.25, 0.3) is 0 Å². The molecule has 0 radical (unpaired) electrons. The van der Waals surface area contributed by atoms with Crippen LogP contribution in [0.15, 0.2) is 71.2 Å². The maximum absolute atomic E-state index is 3.82. The van der Waals surface area contributed by atoms with Crippen LogP contribution in [0.4, 0.5) is 0 Å². The first kappa shape index (κ1) is 36.2. The third-order valence-corrected chi connectivity index (χ3v) is 9.90. The molecule has 0 atom stereocenters. The second-order valence-electron chi connectivity index (χ2n) is 17.0. The van der Waals surface area contributed by atoms with E-state index in [1.54, 1.807) is 0 Å². The lowest BCUT2D eigenvalue weighted by molar-refractivity contribution is 0.589. The topological polar surface area (TPSA) is 0 Å². The Morgan fingerprint density at radius 3 is 1.09 bits per heavy atom. The zero-order valence-electron chi connectivity index (χ0n) is 29.4. The van der Waals surface area contributed by atoms with Crippen LogP contribution in [-0.2, 0) is 34.5 Å². The lowest BCUT2D eigenvalue weighted by Gasteiger charge is -2.21. The SMILES string of the molecule is BrBr.CC(C)(C)c1ccc2c(c1)Cc1cc(C(C)(C)C)cc(Br)c1-2.CC(C)(C)c1ccc2c(c1)Cc1cc(C(C)(C)C)ccc1-2. The van der Waals surface area contributed by atoms with Crippen molar-refractivity contribution in [1.82, 2.24) is 0 Å². The van der Waals surface area contributed by atoms with Gasteiger partial charge in [-0.05, 0) is 107 Å². The number of fused-ring (bicyclic) bond motifs is 6. The summed E-state index contributed by atoms with van der Waals surface area (Å²) in [7, 11) is 0. The summed E-state index contributed by atoms with van der Waals surface area (Å²) in [6, 6.07) is 25.7. The fraction of sp³-hybridized carbons (Fsp3) is 0.429. The van der Waals surface area contributed by atoms with Crippen LogP contribution < -0.4 is 0 Å². The number of rotatable bonds is 0. The van der Waals surface area contributed by atoms with Gasteiger partial charge in [0.2, 0.25) is 0 Å². The van der Waals surface area contributed by atoms with Crippen LogP contribution in [-0.4, -0.2) is 0 Å². The molecule has 45 heavy (non-hydrogen) atoms. The fourth-order valence-electron chi connectivity index (χ4n) is 6.34. The van der Waals surface area contributed by atoms with Crippen molar-refractivity contribution in [3.05, 3.63) is 116 Å². The van der Waals surface area contributed by atoms with E-state index in [9.17, 15) is 0 Å². The van der Waals surface area contributed by atoms with Crippen molar-refractivity contribution in [2.24, 2.45) is 0 Å². The zero-order chi connectivity index (χ0) is 33.7. The summed E-state index contributed by atoms with van der Waals surface area (Å²) >= 11 is 9.32. The average molecular weight is 796 g/mol. The van der Waals surface area contributed by atoms with Crippen LogP contribution in [0.25, 0.3) is 22.3 Å². The highest BCUT2D eigenvalue weighted by atomic mass is 80.9. The van der Waals surface area contributed by atoms with Crippen LogP contribution in [0.1, 0.15) is 128 Å². The molecule has 4 aromatic rings. The molecule has 0 nitrogen and oxygen atoms in total. The van der Waals surface area contributed by atoms with Gasteiger partial charge in [-0.2, -0.15) is 0 Å². The van der Waals surface area contributed by atoms with Crippen LogP contribution in [0.3, 0.4) is 0 Å². The Morgan fingerprint density at radius 2 is 0.711 bits per heavy atom. The molecule has 4 aromatic carbocycles. The quantitative estimate of drug-likeness (QED) is 0.144. The average Bonchev–Trinajstić information content (AvgIpc) is 3.49. The molecule has 0 bridgehead atoms. The van der Waals surface area contributed by atoms with Crippen molar-refractivity contribution < 1.29 is 0 Å². The Bertz CT molecular complexity index is 1640. The van der Waals surface area contributed by atoms with Gasteiger partial charge in [0.1, 0.15) is 0 Å². The molecule has 0 amide bonds. The van der Waals surface area contributed by atoms with E-state index in [0.717, 1.165) is 12.8 Å². The minimum absolute atomic E-state index is 0.183. The largest absolute Gasteiger partial charge is 0.0579 e. The van der Waals surface area contributed by atoms with Gasteiger partial charge in [-0.25, -0.2) is 0 Å². The number of hydrogen-bond donors (Lipinski definition) is 0. The van der Waals surface area contributed by atoms with E-state index in [-0.39, 0.29) is 21.7 Å². The highest BCUT2D eigenvalue weighted by Crippen LogP contribution is 2.45. The molecule has 2 aliphatic rings. The van der Waals surface area contributed by atoms with E-state index in [1.807, 2.05) is 0 Å². The van der Waals surface area contributed by atoms with Gasteiger partial charge in [0, 0.05) is 32.7 Å². The zero-order valence-corrected chi connectivity index (χ0v) is 34.2. The minimum Gasteiger partial charge on any atom is -0.0579 e. The predicted octanol–water partition coefficient (Wildman–Crippen LogP) is 14.2. The van der Waals surface area contributed by atoms with E-state index in [2.05, 4.69) is 194 Å². The number of benzene rings is 4. The summed E-state index contributed by atoms with van der Waals surface area (Å²) in [4.78, 5) is 0. The molecule has 6 rings (SSSR count). The van der Waals surface area contributed by atoms with Crippen LogP contribution in [0.5, 0.6) is 0 Å². The first-order chi connectivity index (χ1) is 20.7. The minimum atomic E-state index is 0.183. The lowest BCUT2D eigenvalue weighted by Crippen LogP contribution is -2.11. The van der Waals surface area contributed by atoms with Crippen molar-refractivity contribution in [1.29, 1.82) is 0 Å². The summed E-state index contributed by atoms with van der Waals surface area (Å²) in [6.45, 7) is 27.4. The molecule has 3 heteroatoms. The number of hydrogen-bond acceptors (Lipinski definition) is 0. The van der Waals surface area contributed by atoms with Crippen molar-refractivity contribution in [3.63, 3.8) is 0 Å². The summed E-state index contributed by atoms with van der Waals surface area (Å²) in [5.74, 6) is 0. The molecule has 240 valence electrons. The van der Waals surface area contributed by atoms with E-state index < -0.39 is 0 Å². The van der Waals surface area contributed by atoms with Gasteiger partial charge in [0.15, 0.2) is 0 Å². The smallest absolute Gasteiger partial charge is 0.0259 e. The summed E-state index contributed by atoms with van der Waals surface area (Å²) in [6.07, 6.45) is 2.13. The summed E-state index contributed by atoms with van der Waals surface area (Å²) in [5.41, 5.74) is 18.1. The second kappa shape index (κ2) is 13.1. The molecule has 0 spiro atoms. The van der Waals surface area contributed by atoms with Gasteiger partial charge in [0.05, 0.1) is 0 Å². The highest BCUT2D eigenvalue weighted by Gasteiger charge is 2.27. The molecule has 0 fully saturated rings. The normalized spacial score (nSPS) is 13.5. The van der Waals surface area contributed by atoms with Crippen LogP contribution >= 0.6 is 44.2 Å². The van der Waals surface area contributed by atoms with Gasteiger partial charge in [-0.1, -0.05) is 160 Å². The van der Waals surface area contributed by atoms with Gasteiger partial charge in [-0.3, -0.25) is 0 Å². The monoisotopic (exact) mass is 792 g/mol. The first-order valence-electron chi connectivity index (χ1n) is 16.1. The summed E-state index contributed by atoms with van der Waals surface area (Å²) < 4.78 is 1.23. The third kappa shape index (κ3) is 7.90. The van der Waals surface area contributed by atoms with Crippen LogP contribution in [0, 0.1) is 0 Å². The second-order valence-corrected chi connectivity index (χ2v) is 17.8. The molecule has 0 saturated carbocycles. The molecule has 2 aliphatic carbocycles. The van der Waals surface area contributed by atoms with Crippen molar-refractivity contribution in [2.75, 3.05) is 0 Å². The number of halogens is 3. The first-order valence-corrected chi connectivity index (χ1v) is 20.6. The van der Waals surface area contributed by atoms with Gasteiger partial charge >= 0.3 is 0 Å². The van der Waals surface area contributed by atoms with Crippen molar-refractivity contribution in [3.8, 4) is 22.3 Å². The molecule has 0 saturated heterocycles. The molecule has 0 unspecified atom stereocenters. The Balaban J connectivity index is 0.000000194. The predicted molar refractivity (Wildman–Crippen MR) is 210 cm³/mol. The Kier molecular flexibility index (Phi) is 10.5. The Morgan fingerprint density at radius 1 is 0.400 bits per heavy atom. The maximum atomic E-state index is 3.82. The molecule has 0 aliphatic heterocycles. The van der Waals surface area contributed by atoms with Gasteiger partial charge < -0.3 is 0 Å². The summed E-state index contributed by atoms with van der Waals surface area (Å²) in [5, 5.41) is 0. The van der Waals surface area contributed by atoms with E-state index in [4.69, 9.17) is 0 Å². The van der Waals surface area contributed by atoms with Crippen LogP contribution in [0.2, 0.25) is 0 Å². The fourth-order valence-corrected chi connectivity index (χ4v) is 7.05. The van der Waals surface area contributed by atoms with E-state index in [0.29, 0.717) is 0 Å². The van der Waals surface area contributed by atoms with E-state index in [1.165, 1.54) is 71.2 Å². The molecular formula is C42H51Br3. The van der Waals surface area contributed by atoms with Crippen molar-refractivity contribution >= 4 is 44.2 Å². The van der Waals surface area contributed by atoms with Gasteiger partial charge in [-0.15, -0.1) is 0 Å². The molecule has 0 N–H and O–H groups in total. The maximum Gasteiger partial charge on any atom is 0.0259 e. The Labute approximate surface area is 297 Å². The van der Waals surface area contributed by atoms with E-state index >= 15 is 0 Å². The molecule has 0 aromatic heterocycles. The standard InChI is InChI=1S/C21H25Br.C21H26.Br2/c1-20(2,3)15-7-8-17-13(10-15)9-14-11-16(21(4,5)6)12-18(22)19(14)17;1-20(2,3)16-7-9-18-14(12-16)11-15-13-17(21(4,5)6)8-10-19(15)18;1-2/h7-8,10-12H,9H2,1-6H3;7-10,12-13H,11H2,1-6H3;. The van der Waals surface area contributed by atoms with Crippen molar-refractivity contribution in [2.45, 2.75) is 118 Å². The third-order valence-electron chi connectivity index (χ3n) is 9.27. The highest BCUT2D eigenvalue weighted by molar-refractivity contribution is 9.93. The molecule has 0 heterocycles. The molecular weight excluding hydrogens is 744 g/mol. The lowest BCUT2D eigenvalue weighted by atomic mass is 9.85.